The molecule has 154 valence electrons. The monoisotopic (exact) mass is 412 g/mol. The number of hydrogen-bond donors (Lipinski definition) is 1. The molecule has 0 unspecified atom stereocenters. The minimum atomic E-state index is 0.0732. The Morgan fingerprint density at radius 1 is 0.931 bits per heavy atom. The van der Waals surface area contributed by atoms with Crippen molar-refractivity contribution in [1.29, 1.82) is 0 Å². The van der Waals surface area contributed by atoms with Crippen molar-refractivity contribution < 1.29 is 9.59 Å². The first-order valence-corrected chi connectivity index (χ1v) is 10.7. The van der Waals surface area contributed by atoms with E-state index in [0.717, 1.165) is 37.9 Å². The van der Waals surface area contributed by atoms with Crippen molar-refractivity contribution in [3.8, 4) is 0 Å². The lowest BCUT2D eigenvalue weighted by atomic mass is 10.0. The number of carbonyl (C=O) groups excluding carboxylic acids is 2. The van der Waals surface area contributed by atoms with Crippen molar-refractivity contribution in [3.05, 3.63) is 70.2 Å². The van der Waals surface area contributed by atoms with Crippen LogP contribution >= 0.6 is 11.6 Å². The van der Waals surface area contributed by atoms with Gasteiger partial charge in [-0.3, -0.25) is 9.59 Å². The lowest BCUT2D eigenvalue weighted by molar-refractivity contribution is -0.132. The summed E-state index contributed by atoms with van der Waals surface area (Å²) in [4.78, 5) is 26.6. The highest BCUT2D eigenvalue weighted by molar-refractivity contribution is 6.30. The van der Waals surface area contributed by atoms with Gasteiger partial charge < -0.3 is 10.2 Å². The van der Waals surface area contributed by atoms with Crippen LogP contribution in [-0.2, 0) is 22.4 Å². The zero-order chi connectivity index (χ0) is 20.6. The molecule has 2 amide bonds. The zero-order valence-corrected chi connectivity index (χ0v) is 17.8. The summed E-state index contributed by atoms with van der Waals surface area (Å²) in [5, 5.41) is 3.83. The van der Waals surface area contributed by atoms with E-state index in [1.807, 2.05) is 29.2 Å². The third-order valence-electron chi connectivity index (χ3n) is 5.51. The van der Waals surface area contributed by atoms with Crippen LogP contribution in [0.3, 0.4) is 0 Å². The second-order valence-electron chi connectivity index (χ2n) is 7.83. The normalized spacial score (nSPS) is 14.6. The molecule has 2 aromatic carbocycles. The molecule has 1 saturated heterocycles. The van der Waals surface area contributed by atoms with Gasteiger partial charge in [-0.25, -0.2) is 0 Å². The van der Waals surface area contributed by atoms with Gasteiger partial charge >= 0.3 is 0 Å². The number of nitrogens with one attached hydrogen (secondary N) is 1. The van der Waals surface area contributed by atoms with Crippen LogP contribution in [0, 0.1) is 6.92 Å². The van der Waals surface area contributed by atoms with E-state index in [9.17, 15) is 9.59 Å². The largest absolute Gasteiger partial charge is 0.353 e. The average Bonchev–Trinajstić information content (AvgIpc) is 2.73. The summed E-state index contributed by atoms with van der Waals surface area (Å²) in [5.74, 6) is 0.280. The van der Waals surface area contributed by atoms with E-state index in [1.165, 1.54) is 11.1 Å². The smallest absolute Gasteiger partial charge is 0.222 e. The number of likely N-dealkylation sites (tertiary alicyclic amines) is 1. The molecular formula is C24H29ClN2O2. The fourth-order valence-corrected chi connectivity index (χ4v) is 3.77. The summed E-state index contributed by atoms with van der Waals surface area (Å²) >= 11 is 5.89. The third-order valence-corrected chi connectivity index (χ3v) is 5.77. The molecule has 0 radical (unpaired) electrons. The first-order valence-electron chi connectivity index (χ1n) is 10.4. The summed E-state index contributed by atoms with van der Waals surface area (Å²) in [6, 6.07) is 16.1. The summed E-state index contributed by atoms with van der Waals surface area (Å²) < 4.78 is 0. The quantitative estimate of drug-likeness (QED) is 0.736. The molecule has 0 saturated carbocycles. The Bertz CT molecular complexity index is 810. The Morgan fingerprint density at radius 3 is 2.10 bits per heavy atom. The molecule has 0 atom stereocenters. The first-order chi connectivity index (χ1) is 14.0. The van der Waals surface area contributed by atoms with Gasteiger partial charge in [0.05, 0.1) is 0 Å². The Balaban J connectivity index is 1.34. The fraction of sp³-hybridized carbons (Fsp3) is 0.417. The fourth-order valence-electron chi connectivity index (χ4n) is 3.65. The maximum absolute atomic E-state index is 12.5. The van der Waals surface area contributed by atoms with Gasteiger partial charge in [-0.1, -0.05) is 53.6 Å². The SMILES string of the molecule is Cc1ccc(CCC(=O)N2CCC(NC(=O)CCc3ccc(Cl)cc3)CC2)cc1. The molecule has 1 heterocycles. The lowest BCUT2D eigenvalue weighted by Gasteiger charge is -2.32. The molecule has 29 heavy (non-hydrogen) atoms. The van der Waals surface area contributed by atoms with Crippen LogP contribution in [0.5, 0.6) is 0 Å². The van der Waals surface area contributed by atoms with Crippen LogP contribution in [0.1, 0.15) is 42.4 Å². The van der Waals surface area contributed by atoms with Crippen LogP contribution in [0.4, 0.5) is 0 Å². The van der Waals surface area contributed by atoms with E-state index in [4.69, 9.17) is 11.6 Å². The minimum absolute atomic E-state index is 0.0732. The maximum Gasteiger partial charge on any atom is 0.222 e. The second kappa shape index (κ2) is 10.4. The first kappa shape index (κ1) is 21.4. The molecule has 0 spiro atoms. The molecule has 0 bridgehead atoms. The summed E-state index contributed by atoms with van der Waals surface area (Å²) in [5.41, 5.74) is 3.54. The van der Waals surface area contributed by atoms with Crippen LogP contribution in [0.2, 0.25) is 5.02 Å². The summed E-state index contributed by atoms with van der Waals surface area (Å²) in [6.07, 6.45) is 4.14. The Labute approximate surface area is 178 Å². The molecule has 1 fully saturated rings. The molecule has 1 aliphatic heterocycles. The van der Waals surface area contributed by atoms with Gasteiger partial charge in [0, 0.05) is 37.0 Å². The topological polar surface area (TPSA) is 49.4 Å². The van der Waals surface area contributed by atoms with Crippen molar-refractivity contribution in [2.24, 2.45) is 0 Å². The van der Waals surface area contributed by atoms with Gasteiger partial charge in [-0.05, 0) is 55.9 Å². The number of hydrogen-bond acceptors (Lipinski definition) is 2. The van der Waals surface area contributed by atoms with Gasteiger partial charge in [0.15, 0.2) is 0 Å². The number of benzene rings is 2. The van der Waals surface area contributed by atoms with Gasteiger partial charge in [-0.15, -0.1) is 0 Å². The average molecular weight is 413 g/mol. The third kappa shape index (κ3) is 6.90. The maximum atomic E-state index is 12.5. The van der Waals surface area contributed by atoms with Gasteiger partial charge in [0.25, 0.3) is 0 Å². The van der Waals surface area contributed by atoms with E-state index in [-0.39, 0.29) is 17.9 Å². The highest BCUT2D eigenvalue weighted by Gasteiger charge is 2.23. The molecular weight excluding hydrogens is 384 g/mol. The van der Waals surface area contributed by atoms with Gasteiger partial charge in [0.2, 0.25) is 11.8 Å². The molecule has 1 aliphatic rings. The predicted octanol–water partition coefficient (Wildman–Crippen LogP) is 4.32. The van der Waals surface area contributed by atoms with E-state index in [0.29, 0.717) is 24.3 Å². The highest BCUT2D eigenvalue weighted by atomic mass is 35.5. The second-order valence-corrected chi connectivity index (χ2v) is 8.27. The summed E-state index contributed by atoms with van der Waals surface area (Å²) in [6.45, 7) is 3.50. The number of rotatable bonds is 7. The van der Waals surface area contributed by atoms with E-state index < -0.39 is 0 Å². The molecule has 0 aliphatic carbocycles. The van der Waals surface area contributed by atoms with Crippen LogP contribution in [-0.4, -0.2) is 35.8 Å². The molecule has 3 rings (SSSR count). The van der Waals surface area contributed by atoms with Crippen LogP contribution < -0.4 is 5.32 Å². The Hall–Kier alpha value is -2.33. The number of amides is 2. The number of aryl methyl sites for hydroxylation is 3. The van der Waals surface area contributed by atoms with Gasteiger partial charge in [0.1, 0.15) is 0 Å². The lowest BCUT2D eigenvalue weighted by Crippen LogP contribution is -2.46. The number of halogens is 1. The van der Waals surface area contributed by atoms with Crippen molar-refractivity contribution in [3.63, 3.8) is 0 Å². The van der Waals surface area contributed by atoms with E-state index >= 15 is 0 Å². The summed E-state index contributed by atoms with van der Waals surface area (Å²) in [7, 11) is 0. The highest BCUT2D eigenvalue weighted by Crippen LogP contribution is 2.15. The van der Waals surface area contributed by atoms with E-state index in [2.05, 4.69) is 36.5 Å². The van der Waals surface area contributed by atoms with Gasteiger partial charge in [-0.2, -0.15) is 0 Å². The molecule has 5 heteroatoms. The van der Waals surface area contributed by atoms with E-state index in [1.54, 1.807) is 0 Å². The minimum Gasteiger partial charge on any atom is -0.353 e. The number of nitrogens with zero attached hydrogens (tertiary/aromatic N) is 1. The number of piperidine rings is 1. The van der Waals surface area contributed by atoms with Crippen LogP contribution in [0.15, 0.2) is 48.5 Å². The molecule has 4 nitrogen and oxygen atoms in total. The van der Waals surface area contributed by atoms with Crippen molar-refractivity contribution in [2.75, 3.05) is 13.1 Å². The Kier molecular flexibility index (Phi) is 7.70. The zero-order valence-electron chi connectivity index (χ0n) is 17.0. The van der Waals surface area contributed by atoms with Crippen LogP contribution in [0.25, 0.3) is 0 Å². The molecule has 1 N–H and O–H groups in total. The Morgan fingerprint density at radius 2 is 1.48 bits per heavy atom. The standard InChI is InChI=1S/C24H29ClN2O2/c1-18-2-4-19(5-3-18)9-13-24(29)27-16-14-22(15-17-27)26-23(28)12-8-20-6-10-21(25)11-7-20/h2-7,10-11,22H,8-9,12-17H2,1H3,(H,26,28). The molecule has 2 aromatic rings. The predicted molar refractivity (Wildman–Crippen MR) is 117 cm³/mol. The molecule has 0 aromatic heterocycles. The van der Waals surface area contributed by atoms with Crippen molar-refractivity contribution in [2.45, 2.75) is 51.5 Å². The van der Waals surface area contributed by atoms with Crippen molar-refractivity contribution in [1.82, 2.24) is 10.2 Å². The van der Waals surface area contributed by atoms with Crippen molar-refractivity contribution >= 4 is 23.4 Å². The number of carbonyl (C=O) groups is 2.